The van der Waals surface area contributed by atoms with Gasteiger partial charge in [0.05, 0.1) is 15.5 Å². The molecule has 0 bridgehead atoms. The second-order valence-corrected chi connectivity index (χ2v) is 10.2. The van der Waals surface area contributed by atoms with Gasteiger partial charge in [0.1, 0.15) is 0 Å². The van der Waals surface area contributed by atoms with Gasteiger partial charge in [0.25, 0.3) is 10.0 Å². The Labute approximate surface area is 168 Å². The van der Waals surface area contributed by atoms with E-state index in [1.54, 1.807) is 51.1 Å². The first-order chi connectivity index (χ1) is 13.2. The van der Waals surface area contributed by atoms with E-state index in [2.05, 4.69) is 11.6 Å². The molecule has 2 aromatic carbocycles. The second kappa shape index (κ2) is 9.07. The summed E-state index contributed by atoms with van der Waals surface area (Å²) in [5.74, 6) is 0. The number of nitrogens with zero attached hydrogens (tertiary/aromatic N) is 1. The fourth-order valence-corrected chi connectivity index (χ4v) is 5.52. The van der Waals surface area contributed by atoms with Gasteiger partial charge in [-0.3, -0.25) is 4.72 Å². The van der Waals surface area contributed by atoms with Gasteiger partial charge < -0.3 is 0 Å². The number of anilines is 1. The summed E-state index contributed by atoms with van der Waals surface area (Å²) in [4.78, 5) is 0.210. The topological polar surface area (TPSA) is 83.5 Å². The first-order valence-corrected chi connectivity index (χ1v) is 12.3. The summed E-state index contributed by atoms with van der Waals surface area (Å²) in [7, 11) is -7.49. The first kappa shape index (κ1) is 22.4. The molecule has 0 heterocycles. The number of benzene rings is 2. The van der Waals surface area contributed by atoms with Gasteiger partial charge in [-0.2, -0.15) is 4.31 Å². The molecule has 0 saturated carbocycles. The van der Waals surface area contributed by atoms with Crippen LogP contribution in [0.5, 0.6) is 0 Å². The molecule has 0 unspecified atom stereocenters. The van der Waals surface area contributed by atoms with Crippen molar-refractivity contribution in [2.24, 2.45) is 0 Å². The Kier molecular flexibility index (Phi) is 7.25. The highest BCUT2D eigenvalue weighted by Crippen LogP contribution is 2.25. The first-order valence-electron chi connectivity index (χ1n) is 9.38. The number of rotatable bonds is 9. The SMILES string of the molecule is CCCc1ccc(S(=O)(=O)Nc2cc(S(=O)(=O)N(CC)CC)ccc2C)cc1. The minimum atomic E-state index is -3.82. The van der Waals surface area contributed by atoms with E-state index in [1.807, 2.05) is 0 Å². The van der Waals surface area contributed by atoms with Crippen LogP contribution < -0.4 is 4.72 Å². The van der Waals surface area contributed by atoms with Crippen molar-refractivity contribution in [3.05, 3.63) is 53.6 Å². The Morgan fingerprint density at radius 1 is 0.857 bits per heavy atom. The highest BCUT2D eigenvalue weighted by Gasteiger charge is 2.23. The Morgan fingerprint density at radius 3 is 1.96 bits per heavy atom. The molecule has 0 aromatic heterocycles. The normalized spacial score (nSPS) is 12.3. The van der Waals surface area contributed by atoms with Crippen molar-refractivity contribution < 1.29 is 16.8 Å². The summed E-state index contributed by atoms with van der Waals surface area (Å²) in [6.07, 6.45) is 1.87. The van der Waals surface area contributed by atoms with Crippen LogP contribution in [0.3, 0.4) is 0 Å². The molecule has 154 valence electrons. The Morgan fingerprint density at radius 2 is 1.43 bits per heavy atom. The molecule has 0 amide bonds. The molecule has 1 N–H and O–H groups in total. The van der Waals surface area contributed by atoms with E-state index in [4.69, 9.17) is 0 Å². The average molecular weight is 425 g/mol. The zero-order chi connectivity index (χ0) is 20.9. The number of sulfonamides is 2. The van der Waals surface area contributed by atoms with E-state index in [1.165, 1.54) is 16.4 Å². The summed E-state index contributed by atoms with van der Waals surface area (Å²) < 4.78 is 54.9. The molecule has 6 nitrogen and oxygen atoms in total. The second-order valence-electron chi connectivity index (χ2n) is 6.57. The molecule has 0 radical (unpaired) electrons. The van der Waals surface area contributed by atoms with Gasteiger partial charge in [0.2, 0.25) is 10.0 Å². The van der Waals surface area contributed by atoms with E-state index in [0.717, 1.165) is 18.4 Å². The largest absolute Gasteiger partial charge is 0.279 e. The van der Waals surface area contributed by atoms with Crippen LogP contribution in [-0.2, 0) is 26.5 Å². The summed E-state index contributed by atoms with van der Waals surface area (Å²) >= 11 is 0. The quantitative estimate of drug-likeness (QED) is 0.664. The van der Waals surface area contributed by atoms with Crippen molar-refractivity contribution in [2.45, 2.75) is 50.3 Å². The predicted octanol–water partition coefficient (Wildman–Crippen LogP) is 3.78. The number of nitrogens with one attached hydrogen (secondary N) is 1. The maximum absolute atomic E-state index is 12.8. The molecule has 2 rings (SSSR count). The molecular formula is C20H28N2O4S2. The lowest BCUT2D eigenvalue weighted by molar-refractivity contribution is 0.445. The lowest BCUT2D eigenvalue weighted by Crippen LogP contribution is -2.30. The molecule has 0 aliphatic heterocycles. The summed E-state index contributed by atoms with van der Waals surface area (Å²) in [5.41, 5.74) is 1.97. The molecule has 0 spiro atoms. The molecule has 0 aliphatic rings. The third-order valence-electron chi connectivity index (χ3n) is 4.57. The highest BCUT2D eigenvalue weighted by molar-refractivity contribution is 7.92. The zero-order valence-corrected chi connectivity index (χ0v) is 18.4. The van der Waals surface area contributed by atoms with Gasteiger partial charge in [-0.15, -0.1) is 0 Å². The Hall–Kier alpha value is -1.90. The molecule has 0 fully saturated rings. The van der Waals surface area contributed by atoms with E-state index < -0.39 is 20.0 Å². The van der Waals surface area contributed by atoms with Gasteiger partial charge >= 0.3 is 0 Å². The van der Waals surface area contributed by atoms with Gasteiger partial charge in [-0.25, -0.2) is 16.8 Å². The standard InChI is InChI=1S/C20H28N2O4S2/c1-5-8-17-10-13-18(14-11-17)27(23,24)21-20-15-19(12-9-16(20)4)28(25,26)22(6-2)7-3/h9-15,21H,5-8H2,1-4H3. The highest BCUT2D eigenvalue weighted by atomic mass is 32.2. The van der Waals surface area contributed by atoms with Crippen molar-refractivity contribution in [1.29, 1.82) is 0 Å². The molecule has 0 saturated heterocycles. The lowest BCUT2D eigenvalue weighted by Gasteiger charge is -2.19. The lowest BCUT2D eigenvalue weighted by atomic mass is 10.1. The Balaban J connectivity index is 2.37. The van der Waals surface area contributed by atoms with Gasteiger partial charge in [-0.05, 0) is 48.7 Å². The van der Waals surface area contributed by atoms with Crippen molar-refractivity contribution >= 4 is 25.7 Å². The average Bonchev–Trinajstić information content (AvgIpc) is 2.65. The van der Waals surface area contributed by atoms with Crippen LogP contribution in [0.2, 0.25) is 0 Å². The van der Waals surface area contributed by atoms with E-state index in [-0.39, 0.29) is 15.5 Å². The maximum atomic E-state index is 12.8. The number of aryl methyl sites for hydroxylation is 2. The van der Waals surface area contributed by atoms with Gasteiger partial charge in [0.15, 0.2) is 0 Å². The van der Waals surface area contributed by atoms with Crippen LogP contribution in [0.25, 0.3) is 0 Å². The molecule has 8 heteroatoms. The van der Waals surface area contributed by atoms with E-state index in [0.29, 0.717) is 18.7 Å². The number of hydrogen-bond donors (Lipinski definition) is 1. The van der Waals surface area contributed by atoms with Crippen LogP contribution in [0.15, 0.2) is 52.3 Å². The smallest absolute Gasteiger partial charge is 0.261 e. The molecule has 28 heavy (non-hydrogen) atoms. The predicted molar refractivity (Wildman–Crippen MR) is 113 cm³/mol. The monoisotopic (exact) mass is 424 g/mol. The van der Waals surface area contributed by atoms with Gasteiger partial charge in [-0.1, -0.05) is 45.4 Å². The van der Waals surface area contributed by atoms with Crippen molar-refractivity contribution in [2.75, 3.05) is 17.8 Å². The van der Waals surface area contributed by atoms with Crippen LogP contribution in [0, 0.1) is 6.92 Å². The van der Waals surface area contributed by atoms with Crippen LogP contribution in [0.1, 0.15) is 38.3 Å². The summed E-state index contributed by atoms with van der Waals surface area (Å²) in [6.45, 7) is 8.02. The molecular weight excluding hydrogens is 396 g/mol. The minimum absolute atomic E-state index is 0.0674. The van der Waals surface area contributed by atoms with Gasteiger partial charge in [0, 0.05) is 13.1 Å². The Bertz CT molecular complexity index is 1010. The summed E-state index contributed by atoms with van der Waals surface area (Å²) in [5, 5.41) is 0. The molecule has 0 aliphatic carbocycles. The number of hydrogen-bond acceptors (Lipinski definition) is 4. The van der Waals surface area contributed by atoms with Crippen molar-refractivity contribution in [1.82, 2.24) is 4.31 Å². The zero-order valence-electron chi connectivity index (χ0n) is 16.8. The molecule has 0 atom stereocenters. The maximum Gasteiger partial charge on any atom is 0.261 e. The fraction of sp³-hybridized carbons (Fsp3) is 0.400. The fourth-order valence-electron chi connectivity index (χ4n) is 2.91. The van der Waals surface area contributed by atoms with E-state index in [9.17, 15) is 16.8 Å². The van der Waals surface area contributed by atoms with Crippen LogP contribution in [0.4, 0.5) is 5.69 Å². The van der Waals surface area contributed by atoms with E-state index >= 15 is 0 Å². The van der Waals surface area contributed by atoms with Crippen LogP contribution >= 0.6 is 0 Å². The molecule has 2 aromatic rings. The third-order valence-corrected chi connectivity index (χ3v) is 8.00. The summed E-state index contributed by atoms with van der Waals surface area (Å²) in [6, 6.07) is 11.2. The third kappa shape index (κ3) is 4.92. The minimum Gasteiger partial charge on any atom is -0.279 e. The van der Waals surface area contributed by atoms with Crippen LogP contribution in [-0.4, -0.2) is 34.2 Å². The van der Waals surface area contributed by atoms with Crippen molar-refractivity contribution in [3.63, 3.8) is 0 Å². The van der Waals surface area contributed by atoms with Crippen molar-refractivity contribution in [3.8, 4) is 0 Å².